The number of aromatic amines is 1. The third-order valence-corrected chi connectivity index (χ3v) is 13.2. The molecular formula is C50H80N18O15S. The van der Waals surface area contributed by atoms with Crippen LogP contribution in [-0.4, -0.2) is 184 Å². The number of carbonyl (C=O) groups excluding carboxylic acids is 12. The van der Waals surface area contributed by atoms with Crippen molar-refractivity contribution in [2.24, 2.45) is 51.0 Å². The van der Waals surface area contributed by atoms with Crippen LogP contribution in [-0.2, 0) is 68.7 Å². The number of H-pyrrole nitrogens is 1. The number of aliphatic carboxylic acids is 1. The predicted octanol–water partition coefficient (Wildman–Crippen LogP) is -7.72. The van der Waals surface area contributed by atoms with Crippen molar-refractivity contribution in [2.45, 2.75) is 139 Å². The minimum atomic E-state index is -1.88. The van der Waals surface area contributed by atoms with Crippen molar-refractivity contribution >= 4 is 106 Å². The van der Waals surface area contributed by atoms with Gasteiger partial charge in [-0.3, -0.25) is 62.5 Å². The number of benzene rings is 1. The molecule has 0 unspecified atom stereocenters. The maximum absolute atomic E-state index is 14.2. The molecule has 466 valence electrons. The molecule has 0 aliphatic rings. The summed E-state index contributed by atoms with van der Waals surface area (Å²) in [4.78, 5) is 177. The maximum Gasteiger partial charge on any atom is 0.326 e. The van der Waals surface area contributed by atoms with Gasteiger partial charge in [0.1, 0.15) is 48.3 Å². The first kappa shape index (κ1) is 71.5. The van der Waals surface area contributed by atoms with Crippen LogP contribution < -0.4 is 88.0 Å². The highest BCUT2D eigenvalue weighted by Crippen LogP contribution is 2.20. The smallest absolute Gasteiger partial charge is 0.326 e. The molecule has 0 spiro atoms. The van der Waals surface area contributed by atoms with Crippen LogP contribution >= 0.6 is 12.6 Å². The number of guanidine groups is 1. The molecule has 1 aromatic carbocycles. The van der Waals surface area contributed by atoms with Crippen LogP contribution in [0.4, 0.5) is 0 Å². The monoisotopic (exact) mass is 1200 g/mol. The number of aliphatic hydroxyl groups is 1. The number of aliphatic imine (C=N–C) groups is 1. The largest absolute Gasteiger partial charge is 0.480 e. The molecule has 0 aliphatic heterocycles. The van der Waals surface area contributed by atoms with Gasteiger partial charge < -0.3 is 103 Å². The number of nitrogens with two attached hydrogens (primary N) is 7. The Morgan fingerprint density at radius 1 is 0.619 bits per heavy atom. The first-order valence-corrected chi connectivity index (χ1v) is 27.3. The van der Waals surface area contributed by atoms with Crippen molar-refractivity contribution < 1.29 is 72.5 Å². The third kappa shape index (κ3) is 25.2. The number of fused-ring (bicyclic) bond motifs is 1. The second-order valence-electron chi connectivity index (χ2n) is 19.5. The van der Waals surface area contributed by atoms with Crippen LogP contribution in [0.2, 0.25) is 0 Å². The number of carboxylic acids is 1. The standard InChI is InChI=1S/C50H80N18O15S/c1-3-24(2)40(49(82)83)68-46(79)32(18-37(54)71)61-39(73)21-60-42(75)29(12-8-16-58-50(56)57)62-47(80)34(22-69)66-43(76)30(13-14-36(53)70)63-48(81)35(23-84)67-44(77)31(17-25-20-59-28-11-5-4-9-26(25)28)65-45(78)33(19-38(55)72)64-41(74)27(52)10-6-7-15-51/h4-5,9,11,20,24,27,29-35,40,59,69,84H,3,6-8,10,12-19,21-23,51-52H2,1-2H3,(H2,53,70)(H2,54,71)(H2,55,72)(H,60,75)(H,61,73)(H,62,80)(H,63,81)(H,64,74)(H,65,78)(H,66,76)(H,67,77)(H,68,79)(H,82,83)(H4,56,57,58)/t24-,27-,29-,30-,31-,32-,33-,34-,35-,40-/m0/s1. The zero-order valence-corrected chi connectivity index (χ0v) is 47.5. The van der Waals surface area contributed by atoms with Gasteiger partial charge in [-0.2, -0.15) is 12.6 Å². The summed E-state index contributed by atoms with van der Waals surface area (Å²) in [7, 11) is 0. The van der Waals surface area contributed by atoms with E-state index >= 15 is 0 Å². The number of aliphatic hydroxyl groups excluding tert-OH is 1. The third-order valence-electron chi connectivity index (χ3n) is 12.9. The van der Waals surface area contributed by atoms with Gasteiger partial charge in [-0.1, -0.05) is 44.9 Å². The Morgan fingerprint density at radius 2 is 1.14 bits per heavy atom. The summed E-state index contributed by atoms with van der Waals surface area (Å²) in [5.74, 6) is -15.1. The van der Waals surface area contributed by atoms with E-state index in [0.29, 0.717) is 42.3 Å². The fraction of sp³-hybridized carbons (Fsp3) is 0.560. The number of amides is 12. The first-order chi connectivity index (χ1) is 39.6. The van der Waals surface area contributed by atoms with E-state index in [0.717, 1.165) is 0 Å². The van der Waals surface area contributed by atoms with Gasteiger partial charge in [-0.15, -0.1) is 0 Å². The number of primary amides is 3. The summed E-state index contributed by atoms with van der Waals surface area (Å²) in [6.07, 6.45) is 0.180. The van der Waals surface area contributed by atoms with E-state index in [4.69, 9.17) is 40.1 Å². The van der Waals surface area contributed by atoms with Crippen molar-refractivity contribution in [3.05, 3.63) is 36.0 Å². The number of rotatable bonds is 40. The molecule has 33 nitrogen and oxygen atoms in total. The average molecular weight is 1210 g/mol. The fourth-order valence-electron chi connectivity index (χ4n) is 8.02. The highest BCUT2D eigenvalue weighted by molar-refractivity contribution is 7.80. The van der Waals surface area contributed by atoms with Crippen molar-refractivity contribution in [1.29, 1.82) is 0 Å². The van der Waals surface area contributed by atoms with Crippen LogP contribution in [0, 0.1) is 5.92 Å². The summed E-state index contributed by atoms with van der Waals surface area (Å²) >= 11 is 4.22. The average Bonchev–Trinajstić information content (AvgIpc) is 3.47. The van der Waals surface area contributed by atoms with Gasteiger partial charge in [0.05, 0.1) is 32.0 Å². The summed E-state index contributed by atoms with van der Waals surface area (Å²) in [5.41, 5.74) is 39.6. The molecule has 84 heavy (non-hydrogen) atoms. The second-order valence-corrected chi connectivity index (χ2v) is 19.9. The van der Waals surface area contributed by atoms with Gasteiger partial charge in [0.2, 0.25) is 70.9 Å². The Hall–Kier alpha value is -8.63. The zero-order valence-electron chi connectivity index (χ0n) is 46.6. The van der Waals surface area contributed by atoms with Crippen molar-refractivity contribution in [1.82, 2.24) is 52.8 Å². The Balaban J connectivity index is 2.37. The van der Waals surface area contributed by atoms with Crippen LogP contribution in [0.25, 0.3) is 10.9 Å². The Bertz CT molecular complexity index is 2670. The van der Waals surface area contributed by atoms with Gasteiger partial charge in [0, 0.05) is 42.2 Å². The highest BCUT2D eigenvalue weighted by Gasteiger charge is 2.36. The number of thiol groups is 1. The first-order valence-electron chi connectivity index (χ1n) is 26.7. The fourth-order valence-corrected chi connectivity index (χ4v) is 8.28. The van der Waals surface area contributed by atoms with Gasteiger partial charge in [-0.05, 0) is 56.2 Å². The lowest BCUT2D eigenvalue weighted by atomic mass is 9.98. The molecule has 1 aromatic heterocycles. The molecule has 0 saturated carbocycles. The number of para-hydroxylation sites is 1. The van der Waals surface area contributed by atoms with Crippen LogP contribution in [0.1, 0.15) is 83.6 Å². The predicted molar refractivity (Wildman–Crippen MR) is 305 cm³/mol. The summed E-state index contributed by atoms with van der Waals surface area (Å²) in [6, 6.07) is -7.14. The summed E-state index contributed by atoms with van der Waals surface area (Å²) < 4.78 is 0. The molecule has 0 bridgehead atoms. The van der Waals surface area contributed by atoms with E-state index in [-0.39, 0.29) is 38.2 Å². The molecule has 10 atom stereocenters. The molecule has 0 fully saturated rings. The quantitative estimate of drug-likeness (QED) is 0.0128. The number of nitrogens with zero attached hydrogens (tertiary/aromatic N) is 1. The maximum atomic E-state index is 14.2. The SMILES string of the molecule is CC[C@H](C)[C@H](NC(=O)[C@H](CC(N)=O)NC(=O)CNC(=O)[C@H](CCCN=C(N)N)NC(=O)[C@H](CO)NC(=O)[C@H](CCC(N)=O)NC(=O)[C@H](CS)NC(=O)[C@H](Cc1c[nH]c2ccccc12)NC(=O)[C@H](CC(N)=O)NC(=O)[C@@H](N)CCCCN)C(=O)O. The summed E-state index contributed by atoms with van der Waals surface area (Å²) in [6.45, 7) is 1.49. The Labute approximate surface area is 488 Å². The lowest BCUT2D eigenvalue weighted by molar-refractivity contribution is -0.144. The zero-order chi connectivity index (χ0) is 63.2. The van der Waals surface area contributed by atoms with Crippen LogP contribution in [0.15, 0.2) is 35.5 Å². The van der Waals surface area contributed by atoms with Gasteiger partial charge >= 0.3 is 5.97 Å². The molecule has 1 heterocycles. The van der Waals surface area contributed by atoms with Gasteiger partial charge in [-0.25, -0.2) is 4.79 Å². The lowest BCUT2D eigenvalue weighted by Crippen LogP contribution is -2.61. The molecule has 0 saturated heterocycles. The molecule has 2 rings (SSSR count). The minimum absolute atomic E-state index is 0.0140. The number of carbonyl (C=O) groups is 13. The lowest BCUT2D eigenvalue weighted by Gasteiger charge is -2.27. The number of unbranched alkanes of at least 4 members (excludes halogenated alkanes) is 1. The van der Waals surface area contributed by atoms with Crippen molar-refractivity contribution in [3.63, 3.8) is 0 Å². The van der Waals surface area contributed by atoms with E-state index in [2.05, 4.69) is 70.5 Å². The van der Waals surface area contributed by atoms with E-state index < -0.39 is 182 Å². The molecule has 26 N–H and O–H groups in total. The van der Waals surface area contributed by atoms with Crippen molar-refractivity contribution in [3.8, 4) is 0 Å². The molecule has 12 amide bonds. The number of hydrogen-bond acceptors (Lipinski definition) is 18. The van der Waals surface area contributed by atoms with E-state index in [1.54, 1.807) is 44.3 Å². The van der Waals surface area contributed by atoms with Gasteiger partial charge in [0.25, 0.3) is 0 Å². The number of nitrogens with one attached hydrogen (secondary N) is 10. The van der Waals surface area contributed by atoms with E-state index in [1.165, 1.54) is 0 Å². The highest BCUT2D eigenvalue weighted by atomic mass is 32.1. The molecule has 34 heteroatoms. The van der Waals surface area contributed by atoms with Crippen LogP contribution in [0.3, 0.4) is 0 Å². The molecule has 0 aliphatic carbocycles. The van der Waals surface area contributed by atoms with Crippen molar-refractivity contribution in [2.75, 3.05) is 32.0 Å². The normalized spacial score (nSPS) is 14.5. The number of hydrogen-bond donors (Lipinski definition) is 20. The molecular weight excluding hydrogens is 1120 g/mol. The van der Waals surface area contributed by atoms with Crippen LogP contribution in [0.5, 0.6) is 0 Å². The Morgan fingerprint density at radius 3 is 1.71 bits per heavy atom. The van der Waals surface area contributed by atoms with E-state index in [1.807, 2.05) is 0 Å². The number of carboxylic acid groups (broad SMARTS) is 1. The van der Waals surface area contributed by atoms with E-state index in [9.17, 15) is 72.5 Å². The molecule has 2 aromatic rings. The van der Waals surface area contributed by atoms with Gasteiger partial charge in [0.15, 0.2) is 5.96 Å². The minimum Gasteiger partial charge on any atom is -0.480 e. The second kappa shape index (κ2) is 36.8. The summed E-state index contributed by atoms with van der Waals surface area (Å²) in [5, 5.41) is 41.6. The number of aromatic nitrogens is 1. The topological polar surface area (TPSA) is 581 Å². The molecule has 0 radical (unpaired) electrons. The Kier molecular flexibility index (Phi) is 31.3.